The Labute approximate surface area is 180 Å². The first-order valence-electron chi connectivity index (χ1n) is 10.1. The van der Waals surface area contributed by atoms with Crippen molar-refractivity contribution < 1.29 is 9.47 Å². The van der Waals surface area contributed by atoms with E-state index in [4.69, 9.17) is 9.47 Å². The zero-order valence-electron chi connectivity index (χ0n) is 16.6. The van der Waals surface area contributed by atoms with E-state index in [0.29, 0.717) is 0 Å². The highest BCUT2D eigenvalue weighted by Crippen LogP contribution is 2.46. The van der Waals surface area contributed by atoms with Crippen LogP contribution in [0.15, 0.2) is 29.3 Å². The molecule has 152 valence electrons. The molecule has 6 heteroatoms. The highest BCUT2D eigenvalue weighted by Gasteiger charge is 2.43. The number of rotatable bonds is 7. The van der Waals surface area contributed by atoms with Gasteiger partial charge in [0, 0.05) is 38.8 Å². The summed E-state index contributed by atoms with van der Waals surface area (Å²) >= 11 is 0. The second-order valence-electron chi connectivity index (χ2n) is 7.33. The first-order chi connectivity index (χ1) is 12.8. The molecule has 1 heterocycles. The highest BCUT2D eigenvalue weighted by atomic mass is 127. The molecule has 1 spiro atoms. The Morgan fingerprint density at radius 3 is 2.78 bits per heavy atom. The number of ether oxygens (including phenoxy) is 2. The van der Waals surface area contributed by atoms with E-state index < -0.39 is 0 Å². The van der Waals surface area contributed by atoms with Gasteiger partial charge < -0.3 is 20.1 Å². The van der Waals surface area contributed by atoms with Gasteiger partial charge in [0.05, 0.1) is 6.04 Å². The molecule has 2 N–H and O–H groups in total. The van der Waals surface area contributed by atoms with E-state index in [-0.39, 0.29) is 35.6 Å². The van der Waals surface area contributed by atoms with Crippen LogP contribution in [-0.4, -0.2) is 38.4 Å². The van der Waals surface area contributed by atoms with Crippen LogP contribution in [0.4, 0.5) is 0 Å². The fourth-order valence-corrected chi connectivity index (χ4v) is 4.11. The minimum Gasteiger partial charge on any atom is -0.487 e. The third-order valence-corrected chi connectivity index (χ3v) is 5.46. The molecule has 1 aliphatic carbocycles. The van der Waals surface area contributed by atoms with Gasteiger partial charge in [-0.25, -0.2) is 0 Å². The fourth-order valence-electron chi connectivity index (χ4n) is 4.11. The lowest BCUT2D eigenvalue weighted by molar-refractivity contribution is 0.0396. The van der Waals surface area contributed by atoms with Crippen molar-refractivity contribution in [2.75, 3.05) is 26.8 Å². The quantitative estimate of drug-likeness (QED) is 0.259. The van der Waals surface area contributed by atoms with Gasteiger partial charge in [0.15, 0.2) is 5.96 Å². The van der Waals surface area contributed by atoms with Crippen molar-refractivity contribution in [3.63, 3.8) is 0 Å². The molecule has 1 fully saturated rings. The van der Waals surface area contributed by atoms with Crippen molar-refractivity contribution in [3.8, 4) is 5.75 Å². The molecule has 2 aliphatic rings. The van der Waals surface area contributed by atoms with Crippen LogP contribution in [-0.2, 0) is 4.74 Å². The van der Waals surface area contributed by atoms with Crippen molar-refractivity contribution in [1.29, 1.82) is 0 Å². The Morgan fingerprint density at radius 2 is 2.04 bits per heavy atom. The van der Waals surface area contributed by atoms with E-state index in [9.17, 15) is 0 Å². The predicted octanol–water partition coefficient (Wildman–Crippen LogP) is 4.42. The maximum atomic E-state index is 6.45. The number of guanidine groups is 1. The van der Waals surface area contributed by atoms with E-state index in [0.717, 1.165) is 63.6 Å². The number of fused-ring (bicyclic) bond motifs is 1. The van der Waals surface area contributed by atoms with Crippen molar-refractivity contribution in [1.82, 2.24) is 10.6 Å². The second kappa shape index (κ2) is 11.1. The largest absolute Gasteiger partial charge is 0.487 e. The minimum atomic E-state index is 0. The first-order valence-corrected chi connectivity index (χ1v) is 10.1. The van der Waals surface area contributed by atoms with Crippen LogP contribution in [0, 0.1) is 0 Å². The van der Waals surface area contributed by atoms with Crippen LogP contribution in [0.1, 0.15) is 63.5 Å². The Morgan fingerprint density at radius 1 is 1.26 bits per heavy atom. The number of halogens is 1. The summed E-state index contributed by atoms with van der Waals surface area (Å²) in [6.45, 7) is 4.57. The molecule has 1 atom stereocenters. The maximum absolute atomic E-state index is 6.45. The Kier molecular flexibility index (Phi) is 9.15. The number of unbranched alkanes of at least 4 members (excludes halogenated alkanes) is 1. The molecule has 1 aromatic carbocycles. The van der Waals surface area contributed by atoms with E-state index >= 15 is 0 Å². The number of para-hydroxylation sites is 1. The summed E-state index contributed by atoms with van der Waals surface area (Å²) in [4.78, 5) is 4.43. The highest BCUT2D eigenvalue weighted by molar-refractivity contribution is 14.0. The third kappa shape index (κ3) is 5.98. The Balaban J connectivity index is 0.00000261. The number of hydrogen-bond acceptors (Lipinski definition) is 3. The second-order valence-corrected chi connectivity index (χ2v) is 7.33. The summed E-state index contributed by atoms with van der Waals surface area (Å²) in [5, 5.41) is 7.09. The van der Waals surface area contributed by atoms with Gasteiger partial charge in [0.2, 0.25) is 0 Å². The van der Waals surface area contributed by atoms with Gasteiger partial charge in [-0.15, -0.1) is 24.0 Å². The number of nitrogens with zero attached hydrogens (tertiary/aromatic N) is 1. The summed E-state index contributed by atoms with van der Waals surface area (Å²) in [5.41, 5.74) is 1.24. The summed E-state index contributed by atoms with van der Waals surface area (Å²) in [6.07, 6.45) is 8.00. The Bertz CT molecular complexity index is 603. The molecule has 1 saturated carbocycles. The van der Waals surface area contributed by atoms with Crippen LogP contribution in [0.5, 0.6) is 5.75 Å². The molecule has 0 bridgehead atoms. The number of benzene rings is 1. The molecule has 3 rings (SSSR count). The molecule has 0 radical (unpaired) electrons. The number of aliphatic imine (C=N–C) groups is 1. The summed E-state index contributed by atoms with van der Waals surface area (Å²) < 4.78 is 11.8. The molecular formula is C21H34IN3O2. The van der Waals surface area contributed by atoms with E-state index in [2.05, 4.69) is 39.9 Å². The fraction of sp³-hybridized carbons (Fsp3) is 0.667. The van der Waals surface area contributed by atoms with Crippen LogP contribution in [0.25, 0.3) is 0 Å². The van der Waals surface area contributed by atoms with Crippen LogP contribution < -0.4 is 15.4 Å². The summed E-state index contributed by atoms with van der Waals surface area (Å²) in [7, 11) is 1.84. The van der Waals surface area contributed by atoms with Crippen LogP contribution in [0.2, 0.25) is 0 Å². The van der Waals surface area contributed by atoms with Gasteiger partial charge in [-0.1, -0.05) is 18.2 Å². The molecule has 1 aliphatic heterocycles. The van der Waals surface area contributed by atoms with E-state index in [1.807, 2.05) is 14.0 Å². The van der Waals surface area contributed by atoms with Crippen molar-refractivity contribution in [2.24, 2.45) is 4.99 Å². The summed E-state index contributed by atoms with van der Waals surface area (Å²) in [6, 6.07) is 8.67. The van der Waals surface area contributed by atoms with E-state index in [1.165, 1.54) is 18.4 Å². The van der Waals surface area contributed by atoms with Gasteiger partial charge >= 0.3 is 0 Å². The topological polar surface area (TPSA) is 54.9 Å². The Hall–Kier alpha value is -1.02. The normalized spacial score (nSPS) is 20.5. The van der Waals surface area contributed by atoms with Gasteiger partial charge in [-0.2, -0.15) is 0 Å². The minimum absolute atomic E-state index is 0. The molecule has 0 saturated heterocycles. The molecule has 27 heavy (non-hydrogen) atoms. The molecule has 0 amide bonds. The average Bonchev–Trinajstić information content (AvgIpc) is 3.10. The lowest BCUT2D eigenvalue weighted by Gasteiger charge is -2.40. The van der Waals surface area contributed by atoms with Gasteiger partial charge in [0.25, 0.3) is 0 Å². The zero-order valence-corrected chi connectivity index (χ0v) is 19.0. The maximum Gasteiger partial charge on any atom is 0.191 e. The monoisotopic (exact) mass is 487 g/mol. The molecule has 1 unspecified atom stereocenters. The van der Waals surface area contributed by atoms with Crippen molar-refractivity contribution in [3.05, 3.63) is 29.8 Å². The third-order valence-electron chi connectivity index (χ3n) is 5.46. The smallest absolute Gasteiger partial charge is 0.191 e. The SMILES string of the molecule is CCOCCCCNC(=NC)NC1CC2(CCCC2)Oc2ccccc21.I. The number of hydrogen-bond donors (Lipinski definition) is 2. The van der Waals surface area contributed by atoms with Gasteiger partial charge in [-0.3, -0.25) is 4.99 Å². The van der Waals surface area contributed by atoms with Crippen molar-refractivity contribution >= 4 is 29.9 Å². The zero-order chi connectivity index (χ0) is 18.2. The molecule has 0 aromatic heterocycles. The van der Waals surface area contributed by atoms with Gasteiger partial charge in [-0.05, 0) is 51.5 Å². The molecule has 5 nitrogen and oxygen atoms in total. The van der Waals surface area contributed by atoms with Crippen LogP contribution >= 0.6 is 24.0 Å². The molecular weight excluding hydrogens is 453 g/mol. The van der Waals surface area contributed by atoms with Crippen LogP contribution in [0.3, 0.4) is 0 Å². The average molecular weight is 487 g/mol. The molecule has 1 aromatic rings. The summed E-state index contributed by atoms with van der Waals surface area (Å²) in [5.74, 6) is 1.90. The standard InChI is InChI=1S/C21H33N3O2.HI/c1-3-25-15-9-8-14-23-20(22-2)24-18-16-21(12-6-7-13-21)26-19-11-5-4-10-17(18)19;/h4-5,10-11,18H,3,6-9,12-16H2,1-2H3,(H2,22,23,24);1H. The van der Waals surface area contributed by atoms with E-state index in [1.54, 1.807) is 0 Å². The number of nitrogens with one attached hydrogen (secondary N) is 2. The lowest BCUT2D eigenvalue weighted by Crippen LogP contribution is -2.46. The first kappa shape index (κ1) is 22.3. The lowest BCUT2D eigenvalue weighted by atomic mass is 9.86. The van der Waals surface area contributed by atoms with Crippen molar-refractivity contribution in [2.45, 2.75) is 63.5 Å². The van der Waals surface area contributed by atoms with Gasteiger partial charge in [0.1, 0.15) is 11.4 Å². The predicted molar refractivity (Wildman–Crippen MR) is 121 cm³/mol.